The number of nitrogens with two attached hydrogens (primary N) is 1. The summed E-state index contributed by atoms with van der Waals surface area (Å²) in [6.45, 7) is 2.48. The quantitative estimate of drug-likeness (QED) is 0.859. The summed E-state index contributed by atoms with van der Waals surface area (Å²) >= 11 is 4.91. The van der Waals surface area contributed by atoms with Gasteiger partial charge in [0.25, 0.3) is 0 Å². The molecule has 0 aliphatic carbocycles. The van der Waals surface area contributed by atoms with Crippen molar-refractivity contribution in [3.8, 4) is 0 Å². The second-order valence-electron chi connectivity index (χ2n) is 5.03. The Labute approximate surface area is 125 Å². The third kappa shape index (κ3) is 2.99. The van der Waals surface area contributed by atoms with Crippen LogP contribution in [0.3, 0.4) is 0 Å². The molecule has 0 amide bonds. The van der Waals surface area contributed by atoms with Gasteiger partial charge >= 0.3 is 0 Å². The van der Waals surface area contributed by atoms with E-state index in [9.17, 15) is 8.42 Å². The minimum atomic E-state index is -3.61. The molecule has 2 heterocycles. The molecule has 20 heavy (non-hydrogen) atoms. The van der Waals surface area contributed by atoms with Crippen LogP contribution in [-0.2, 0) is 10.0 Å². The Morgan fingerprint density at radius 1 is 1.45 bits per heavy atom. The van der Waals surface area contributed by atoms with Gasteiger partial charge in [0.2, 0.25) is 10.0 Å². The lowest BCUT2D eigenvalue weighted by atomic mass is 10.1. The van der Waals surface area contributed by atoms with E-state index >= 15 is 0 Å². The molecule has 110 valence electrons. The lowest BCUT2D eigenvalue weighted by Gasteiger charge is -2.26. The molecule has 1 saturated heterocycles. The zero-order chi connectivity index (χ0) is 14.8. The summed E-state index contributed by atoms with van der Waals surface area (Å²) < 4.78 is 27.2. The van der Waals surface area contributed by atoms with Crippen molar-refractivity contribution in [2.45, 2.75) is 43.5 Å². The highest BCUT2D eigenvalue weighted by Gasteiger charge is 2.32. The molecule has 0 spiro atoms. The van der Waals surface area contributed by atoms with E-state index in [1.54, 1.807) is 10.4 Å². The first kappa shape index (κ1) is 15.3. The van der Waals surface area contributed by atoms with Gasteiger partial charge in [-0.2, -0.15) is 4.31 Å². The lowest BCUT2D eigenvalue weighted by molar-refractivity contribution is 0.342. The summed E-state index contributed by atoms with van der Waals surface area (Å²) in [5.74, 6) is 0. The van der Waals surface area contributed by atoms with Gasteiger partial charge in [-0.15, -0.1) is 0 Å². The number of sulfonamides is 1. The first-order valence-electron chi connectivity index (χ1n) is 6.71. The standard InChI is InChI=1S/C13H19N3O2S2/c1-10-6-3-2-4-9-16(10)20(17,18)11-7-5-8-15-12(11)13(14)19/h5,7-8,10H,2-4,6,9H2,1H3,(H2,14,19). The Bertz CT molecular complexity index is 601. The molecule has 5 nitrogen and oxygen atoms in total. The fourth-order valence-electron chi connectivity index (χ4n) is 2.52. The van der Waals surface area contributed by atoms with E-state index in [1.807, 2.05) is 6.92 Å². The van der Waals surface area contributed by atoms with E-state index in [1.165, 1.54) is 12.3 Å². The number of pyridine rings is 1. The van der Waals surface area contributed by atoms with Gasteiger partial charge in [-0.1, -0.05) is 25.1 Å². The monoisotopic (exact) mass is 313 g/mol. The van der Waals surface area contributed by atoms with Crippen molar-refractivity contribution in [3.63, 3.8) is 0 Å². The zero-order valence-corrected chi connectivity index (χ0v) is 13.1. The average molecular weight is 313 g/mol. The molecular formula is C13H19N3O2S2. The van der Waals surface area contributed by atoms with E-state index in [2.05, 4.69) is 4.98 Å². The van der Waals surface area contributed by atoms with E-state index < -0.39 is 10.0 Å². The molecule has 0 saturated carbocycles. The van der Waals surface area contributed by atoms with Crippen LogP contribution >= 0.6 is 12.2 Å². The molecule has 0 aromatic carbocycles. The second kappa shape index (κ2) is 6.15. The molecule has 1 aliphatic heterocycles. The topological polar surface area (TPSA) is 76.3 Å². The van der Waals surface area contributed by atoms with Crippen molar-refractivity contribution in [2.24, 2.45) is 5.73 Å². The highest BCUT2D eigenvalue weighted by molar-refractivity contribution is 7.89. The fourth-order valence-corrected chi connectivity index (χ4v) is 4.60. The number of hydrogen-bond acceptors (Lipinski definition) is 4. The molecule has 1 aromatic heterocycles. The van der Waals surface area contributed by atoms with Gasteiger partial charge in [0.15, 0.2) is 0 Å². The van der Waals surface area contributed by atoms with Gasteiger partial charge in [0.1, 0.15) is 15.6 Å². The van der Waals surface area contributed by atoms with Crippen molar-refractivity contribution in [1.29, 1.82) is 0 Å². The minimum absolute atomic E-state index is 0.00616. The smallest absolute Gasteiger partial charge is 0.245 e. The van der Waals surface area contributed by atoms with Gasteiger partial charge in [0.05, 0.1) is 0 Å². The van der Waals surface area contributed by atoms with Crippen molar-refractivity contribution in [1.82, 2.24) is 9.29 Å². The third-order valence-corrected chi connectivity index (χ3v) is 5.82. The van der Waals surface area contributed by atoms with Crippen LogP contribution in [-0.4, -0.2) is 35.3 Å². The summed E-state index contributed by atoms with van der Waals surface area (Å²) in [7, 11) is -3.61. The van der Waals surface area contributed by atoms with Crippen LogP contribution in [0, 0.1) is 0 Å². The molecule has 2 rings (SSSR count). The van der Waals surface area contributed by atoms with E-state index in [4.69, 9.17) is 18.0 Å². The normalized spacial score (nSPS) is 21.4. The SMILES string of the molecule is CC1CCCCCN1S(=O)(=O)c1cccnc1C(N)=S. The predicted octanol–water partition coefficient (Wildman–Crippen LogP) is 1.67. The van der Waals surface area contributed by atoms with Crippen LogP contribution in [0.1, 0.15) is 38.3 Å². The molecule has 1 atom stereocenters. The number of thiocarbonyl (C=S) groups is 1. The van der Waals surface area contributed by atoms with Crippen molar-refractivity contribution >= 4 is 27.2 Å². The maximum atomic E-state index is 12.8. The summed E-state index contributed by atoms with van der Waals surface area (Å²) in [6.07, 6.45) is 5.38. The first-order chi connectivity index (χ1) is 9.44. The second-order valence-corrected chi connectivity index (χ2v) is 7.33. The van der Waals surface area contributed by atoms with Crippen molar-refractivity contribution in [3.05, 3.63) is 24.0 Å². The van der Waals surface area contributed by atoms with E-state index in [0.29, 0.717) is 6.54 Å². The minimum Gasteiger partial charge on any atom is -0.388 e. The number of rotatable bonds is 3. The van der Waals surface area contributed by atoms with Gasteiger partial charge in [-0.3, -0.25) is 4.98 Å². The molecule has 0 bridgehead atoms. The van der Waals surface area contributed by atoms with Crippen LogP contribution in [0.15, 0.2) is 23.2 Å². The number of hydrogen-bond donors (Lipinski definition) is 1. The van der Waals surface area contributed by atoms with Crippen molar-refractivity contribution in [2.75, 3.05) is 6.54 Å². The molecule has 1 fully saturated rings. The molecule has 7 heteroatoms. The van der Waals surface area contributed by atoms with E-state index in [0.717, 1.165) is 25.7 Å². The van der Waals surface area contributed by atoms with Crippen LogP contribution in [0.2, 0.25) is 0 Å². The third-order valence-electron chi connectivity index (χ3n) is 3.58. The molecule has 1 unspecified atom stereocenters. The Morgan fingerprint density at radius 3 is 2.90 bits per heavy atom. The van der Waals surface area contributed by atoms with Gasteiger partial charge < -0.3 is 5.73 Å². The summed E-state index contributed by atoms with van der Waals surface area (Å²) in [4.78, 5) is 4.13. The molecule has 0 radical (unpaired) electrons. The lowest BCUT2D eigenvalue weighted by Crippen LogP contribution is -2.39. The maximum Gasteiger partial charge on any atom is 0.245 e. The van der Waals surface area contributed by atoms with E-state index in [-0.39, 0.29) is 21.6 Å². The predicted molar refractivity (Wildman–Crippen MR) is 81.9 cm³/mol. The van der Waals surface area contributed by atoms with Crippen LogP contribution < -0.4 is 5.73 Å². The Balaban J connectivity index is 2.46. The van der Waals surface area contributed by atoms with Gasteiger partial charge in [-0.25, -0.2) is 8.42 Å². The number of aromatic nitrogens is 1. The summed E-state index contributed by atoms with van der Waals surface area (Å²) in [5.41, 5.74) is 5.77. The van der Waals surface area contributed by atoms with Crippen LogP contribution in [0.25, 0.3) is 0 Å². The van der Waals surface area contributed by atoms with Gasteiger partial charge in [-0.05, 0) is 31.9 Å². The number of nitrogens with zero attached hydrogens (tertiary/aromatic N) is 2. The molecule has 1 aromatic rings. The highest BCUT2D eigenvalue weighted by Crippen LogP contribution is 2.25. The largest absolute Gasteiger partial charge is 0.388 e. The molecular weight excluding hydrogens is 294 g/mol. The fraction of sp³-hybridized carbons (Fsp3) is 0.538. The average Bonchev–Trinajstić information content (AvgIpc) is 2.63. The van der Waals surface area contributed by atoms with Crippen LogP contribution in [0.4, 0.5) is 0 Å². The summed E-state index contributed by atoms with van der Waals surface area (Å²) in [6, 6.07) is 3.10. The highest BCUT2D eigenvalue weighted by atomic mass is 32.2. The molecule has 1 aliphatic rings. The Kier molecular flexibility index (Phi) is 4.72. The first-order valence-corrected chi connectivity index (χ1v) is 8.56. The maximum absolute atomic E-state index is 12.8. The Morgan fingerprint density at radius 2 is 2.20 bits per heavy atom. The van der Waals surface area contributed by atoms with Gasteiger partial charge in [0, 0.05) is 18.8 Å². The van der Waals surface area contributed by atoms with Crippen LogP contribution in [0.5, 0.6) is 0 Å². The zero-order valence-electron chi connectivity index (χ0n) is 11.4. The Hall–Kier alpha value is -1.05. The molecule has 2 N–H and O–H groups in total. The van der Waals surface area contributed by atoms with Crippen molar-refractivity contribution < 1.29 is 8.42 Å². The summed E-state index contributed by atoms with van der Waals surface area (Å²) in [5, 5.41) is 0.